The van der Waals surface area contributed by atoms with Crippen molar-refractivity contribution in [1.29, 1.82) is 0 Å². The molecular formula is C14H21N3O2. The maximum Gasteiger partial charge on any atom is 0.339 e. The first-order valence-corrected chi connectivity index (χ1v) is 6.84. The van der Waals surface area contributed by atoms with Crippen molar-refractivity contribution in [2.75, 3.05) is 24.6 Å². The fourth-order valence-electron chi connectivity index (χ4n) is 2.26. The highest BCUT2D eigenvalue weighted by atomic mass is 16.5. The van der Waals surface area contributed by atoms with Gasteiger partial charge in [0.25, 0.3) is 0 Å². The smallest absolute Gasteiger partial charge is 0.339 e. The topological polar surface area (TPSA) is 68.5 Å². The second-order valence-corrected chi connectivity index (χ2v) is 4.80. The van der Waals surface area contributed by atoms with Crippen molar-refractivity contribution in [3.63, 3.8) is 0 Å². The van der Waals surface area contributed by atoms with Crippen molar-refractivity contribution in [1.82, 2.24) is 4.98 Å². The summed E-state index contributed by atoms with van der Waals surface area (Å²) in [7, 11) is 0. The summed E-state index contributed by atoms with van der Waals surface area (Å²) in [4.78, 5) is 18.1. The Morgan fingerprint density at radius 1 is 1.47 bits per heavy atom. The molecule has 0 radical (unpaired) electrons. The third kappa shape index (κ3) is 3.67. The quantitative estimate of drug-likeness (QED) is 0.838. The Bertz CT molecular complexity index is 419. The molecule has 1 saturated heterocycles. The number of hydrogen-bond donors (Lipinski definition) is 1. The summed E-state index contributed by atoms with van der Waals surface area (Å²) in [6, 6.07) is 3.94. The first-order chi connectivity index (χ1) is 9.20. The molecule has 0 aliphatic carbocycles. The Morgan fingerprint density at radius 3 is 3.00 bits per heavy atom. The molecule has 1 atom stereocenters. The molecule has 104 valence electrons. The predicted octanol–water partition coefficient (Wildman–Crippen LogP) is 1.58. The predicted molar refractivity (Wildman–Crippen MR) is 74.2 cm³/mol. The number of ether oxygens (including phenoxy) is 1. The van der Waals surface area contributed by atoms with Gasteiger partial charge in [0.2, 0.25) is 0 Å². The van der Waals surface area contributed by atoms with Gasteiger partial charge >= 0.3 is 5.97 Å². The lowest BCUT2D eigenvalue weighted by atomic mass is 10.1. The Balaban J connectivity index is 2.03. The molecule has 1 aromatic heterocycles. The van der Waals surface area contributed by atoms with Gasteiger partial charge in [-0.05, 0) is 38.3 Å². The van der Waals surface area contributed by atoms with Crippen LogP contribution >= 0.6 is 0 Å². The molecule has 5 heteroatoms. The van der Waals surface area contributed by atoms with Crippen molar-refractivity contribution in [3.05, 3.63) is 23.9 Å². The van der Waals surface area contributed by atoms with E-state index in [-0.39, 0.29) is 5.97 Å². The lowest BCUT2D eigenvalue weighted by molar-refractivity contribution is 0.0526. The zero-order valence-corrected chi connectivity index (χ0v) is 11.3. The van der Waals surface area contributed by atoms with Gasteiger partial charge in [0.05, 0.1) is 12.2 Å². The SMILES string of the molecule is CCOC(=O)c1ccc(N2CCCC(N)CC2)nc1. The molecule has 0 aromatic carbocycles. The van der Waals surface area contributed by atoms with Crippen LogP contribution in [0.25, 0.3) is 0 Å². The zero-order chi connectivity index (χ0) is 13.7. The zero-order valence-electron chi connectivity index (χ0n) is 11.3. The van der Waals surface area contributed by atoms with Gasteiger partial charge in [-0.1, -0.05) is 0 Å². The Labute approximate surface area is 113 Å². The van der Waals surface area contributed by atoms with Crippen LogP contribution < -0.4 is 10.6 Å². The first kappa shape index (κ1) is 13.8. The lowest BCUT2D eigenvalue weighted by Gasteiger charge is -2.21. The molecule has 1 fully saturated rings. The van der Waals surface area contributed by atoms with Crippen LogP contribution in [-0.2, 0) is 4.74 Å². The maximum atomic E-state index is 11.5. The number of pyridine rings is 1. The van der Waals surface area contributed by atoms with Gasteiger partial charge in [0.15, 0.2) is 0 Å². The van der Waals surface area contributed by atoms with Crippen LogP contribution in [0.1, 0.15) is 36.5 Å². The van der Waals surface area contributed by atoms with E-state index in [9.17, 15) is 4.79 Å². The van der Waals surface area contributed by atoms with E-state index in [0.29, 0.717) is 18.2 Å². The average Bonchev–Trinajstić information content (AvgIpc) is 2.64. The molecule has 0 saturated carbocycles. The number of aromatic nitrogens is 1. The molecule has 19 heavy (non-hydrogen) atoms. The molecule has 1 unspecified atom stereocenters. The van der Waals surface area contributed by atoms with E-state index >= 15 is 0 Å². The summed E-state index contributed by atoms with van der Waals surface area (Å²) in [6.07, 6.45) is 4.72. The molecule has 0 spiro atoms. The largest absolute Gasteiger partial charge is 0.462 e. The third-order valence-corrected chi connectivity index (χ3v) is 3.36. The molecule has 1 aliphatic rings. The fourth-order valence-corrected chi connectivity index (χ4v) is 2.26. The number of nitrogens with zero attached hydrogens (tertiary/aromatic N) is 2. The molecule has 0 bridgehead atoms. The summed E-state index contributed by atoms with van der Waals surface area (Å²) in [5, 5.41) is 0. The van der Waals surface area contributed by atoms with E-state index in [1.165, 1.54) is 0 Å². The maximum absolute atomic E-state index is 11.5. The number of esters is 1. The van der Waals surface area contributed by atoms with Crippen molar-refractivity contribution in [2.24, 2.45) is 5.73 Å². The van der Waals surface area contributed by atoms with Crippen molar-refractivity contribution in [2.45, 2.75) is 32.2 Å². The number of nitrogens with two attached hydrogens (primary N) is 1. The highest BCUT2D eigenvalue weighted by molar-refractivity contribution is 5.89. The highest BCUT2D eigenvalue weighted by Gasteiger charge is 2.15. The molecule has 0 amide bonds. The molecule has 2 rings (SSSR count). The molecule has 1 aromatic rings. The van der Waals surface area contributed by atoms with E-state index in [2.05, 4.69) is 9.88 Å². The second kappa shape index (κ2) is 6.52. The van der Waals surface area contributed by atoms with Crippen molar-refractivity contribution >= 4 is 11.8 Å². The summed E-state index contributed by atoms with van der Waals surface area (Å²) >= 11 is 0. The Hall–Kier alpha value is -1.62. The molecule has 2 N–H and O–H groups in total. The normalized spacial score (nSPS) is 19.9. The van der Waals surface area contributed by atoms with E-state index in [1.54, 1.807) is 19.2 Å². The Kier molecular flexibility index (Phi) is 4.74. The summed E-state index contributed by atoms with van der Waals surface area (Å²) in [5.41, 5.74) is 6.46. The monoisotopic (exact) mass is 263 g/mol. The van der Waals surface area contributed by atoms with Crippen LogP contribution in [-0.4, -0.2) is 36.7 Å². The van der Waals surface area contributed by atoms with Crippen LogP contribution in [0.4, 0.5) is 5.82 Å². The first-order valence-electron chi connectivity index (χ1n) is 6.84. The minimum Gasteiger partial charge on any atom is -0.462 e. The fraction of sp³-hybridized carbons (Fsp3) is 0.571. The van der Waals surface area contributed by atoms with Crippen LogP contribution in [0.15, 0.2) is 18.3 Å². The van der Waals surface area contributed by atoms with Gasteiger partial charge in [-0.2, -0.15) is 0 Å². The van der Waals surface area contributed by atoms with Crippen LogP contribution in [0.3, 0.4) is 0 Å². The lowest BCUT2D eigenvalue weighted by Crippen LogP contribution is -2.27. The standard InChI is InChI=1S/C14H21N3O2/c1-2-19-14(18)11-5-6-13(16-10-11)17-8-3-4-12(15)7-9-17/h5-6,10,12H,2-4,7-9,15H2,1H3. The van der Waals surface area contributed by atoms with E-state index in [4.69, 9.17) is 10.5 Å². The molecular weight excluding hydrogens is 242 g/mol. The van der Waals surface area contributed by atoms with Crippen LogP contribution in [0, 0.1) is 0 Å². The van der Waals surface area contributed by atoms with E-state index in [1.807, 2.05) is 6.07 Å². The van der Waals surface area contributed by atoms with Gasteiger partial charge in [0.1, 0.15) is 5.82 Å². The summed E-state index contributed by atoms with van der Waals surface area (Å²) in [6.45, 7) is 4.07. The summed E-state index contributed by atoms with van der Waals surface area (Å²) < 4.78 is 4.94. The van der Waals surface area contributed by atoms with Crippen LogP contribution in [0.2, 0.25) is 0 Å². The van der Waals surface area contributed by atoms with E-state index < -0.39 is 0 Å². The van der Waals surface area contributed by atoms with Gasteiger partial charge < -0.3 is 15.4 Å². The third-order valence-electron chi connectivity index (χ3n) is 3.36. The number of carbonyl (C=O) groups is 1. The minimum absolute atomic E-state index is 0.295. The van der Waals surface area contributed by atoms with Gasteiger partial charge in [-0.25, -0.2) is 9.78 Å². The number of rotatable bonds is 3. The van der Waals surface area contributed by atoms with Gasteiger partial charge in [0, 0.05) is 25.3 Å². The molecule has 5 nitrogen and oxygen atoms in total. The second-order valence-electron chi connectivity index (χ2n) is 4.80. The van der Waals surface area contributed by atoms with Gasteiger partial charge in [-0.3, -0.25) is 0 Å². The summed E-state index contributed by atoms with van der Waals surface area (Å²) in [5.74, 6) is 0.585. The molecule has 1 aliphatic heterocycles. The average molecular weight is 263 g/mol. The Morgan fingerprint density at radius 2 is 2.32 bits per heavy atom. The number of hydrogen-bond acceptors (Lipinski definition) is 5. The number of anilines is 1. The molecule has 2 heterocycles. The highest BCUT2D eigenvalue weighted by Crippen LogP contribution is 2.17. The van der Waals surface area contributed by atoms with E-state index in [0.717, 1.165) is 38.2 Å². The van der Waals surface area contributed by atoms with Crippen molar-refractivity contribution in [3.8, 4) is 0 Å². The number of carbonyl (C=O) groups excluding carboxylic acids is 1. The van der Waals surface area contributed by atoms with Crippen molar-refractivity contribution < 1.29 is 9.53 Å². The van der Waals surface area contributed by atoms with Crippen LogP contribution in [0.5, 0.6) is 0 Å². The van der Waals surface area contributed by atoms with Gasteiger partial charge in [-0.15, -0.1) is 0 Å². The minimum atomic E-state index is -0.320.